The third-order valence-corrected chi connectivity index (χ3v) is 4.23. The molecule has 2 aromatic carbocycles. The zero-order valence-corrected chi connectivity index (χ0v) is 14.5. The Morgan fingerprint density at radius 2 is 1.55 bits per heavy atom. The lowest BCUT2D eigenvalue weighted by molar-refractivity contribution is 0.408. The van der Waals surface area contributed by atoms with Crippen molar-refractivity contribution in [2.45, 2.75) is 19.9 Å². The SMILES string of the molecule is CNC(c1ccc(I)cc1)c1cc(C)c(OC)c(C)c1. The number of nitrogens with one attached hydrogen (secondary N) is 1. The van der Waals surface area contributed by atoms with Crippen LogP contribution >= 0.6 is 22.6 Å². The average Bonchev–Trinajstić information content (AvgIpc) is 2.41. The summed E-state index contributed by atoms with van der Waals surface area (Å²) < 4.78 is 6.70. The first kappa shape index (κ1) is 15.3. The second-order valence-electron chi connectivity index (χ2n) is 4.96. The van der Waals surface area contributed by atoms with Crippen molar-refractivity contribution in [2.24, 2.45) is 0 Å². The van der Waals surface area contributed by atoms with Gasteiger partial charge in [0.05, 0.1) is 13.2 Å². The van der Waals surface area contributed by atoms with Gasteiger partial charge in [0.2, 0.25) is 0 Å². The van der Waals surface area contributed by atoms with E-state index in [1.807, 2.05) is 7.05 Å². The van der Waals surface area contributed by atoms with Gasteiger partial charge in [0, 0.05) is 3.57 Å². The minimum atomic E-state index is 0.204. The van der Waals surface area contributed by atoms with Crippen molar-refractivity contribution >= 4 is 22.6 Å². The van der Waals surface area contributed by atoms with Gasteiger partial charge in [-0.15, -0.1) is 0 Å². The van der Waals surface area contributed by atoms with E-state index in [1.165, 1.54) is 25.8 Å². The molecule has 2 nitrogen and oxygen atoms in total. The number of benzene rings is 2. The van der Waals surface area contributed by atoms with Crippen molar-refractivity contribution in [3.05, 3.63) is 62.2 Å². The quantitative estimate of drug-likeness (QED) is 0.801. The number of rotatable bonds is 4. The lowest BCUT2D eigenvalue weighted by Crippen LogP contribution is -2.18. The zero-order valence-electron chi connectivity index (χ0n) is 12.3. The molecule has 0 aliphatic rings. The van der Waals surface area contributed by atoms with Gasteiger partial charge in [0.15, 0.2) is 0 Å². The highest BCUT2D eigenvalue weighted by Crippen LogP contribution is 2.30. The molecule has 106 valence electrons. The lowest BCUT2D eigenvalue weighted by Gasteiger charge is -2.20. The number of ether oxygens (including phenoxy) is 1. The summed E-state index contributed by atoms with van der Waals surface area (Å²) in [4.78, 5) is 0. The molecule has 20 heavy (non-hydrogen) atoms. The van der Waals surface area contributed by atoms with Crippen LogP contribution in [0.5, 0.6) is 5.75 Å². The van der Waals surface area contributed by atoms with Crippen LogP contribution in [0.2, 0.25) is 0 Å². The summed E-state index contributed by atoms with van der Waals surface area (Å²) in [6.45, 7) is 4.19. The topological polar surface area (TPSA) is 21.3 Å². The normalized spacial score (nSPS) is 12.2. The molecular formula is C17H20INO. The van der Waals surface area contributed by atoms with Crippen LogP contribution in [0.1, 0.15) is 28.3 Å². The molecule has 0 fully saturated rings. The lowest BCUT2D eigenvalue weighted by atomic mass is 9.95. The maximum absolute atomic E-state index is 5.44. The van der Waals surface area contributed by atoms with Crippen LogP contribution in [0.3, 0.4) is 0 Å². The molecule has 0 aliphatic carbocycles. The Balaban J connectivity index is 2.44. The molecule has 0 saturated carbocycles. The Kier molecular flexibility index (Phi) is 5.05. The highest BCUT2D eigenvalue weighted by atomic mass is 127. The number of aryl methyl sites for hydroxylation is 2. The molecule has 1 N–H and O–H groups in total. The van der Waals surface area contributed by atoms with Gasteiger partial charge in [-0.2, -0.15) is 0 Å². The first-order chi connectivity index (χ1) is 9.56. The van der Waals surface area contributed by atoms with Gasteiger partial charge in [-0.05, 0) is 77.9 Å². The van der Waals surface area contributed by atoms with Gasteiger partial charge in [-0.1, -0.05) is 24.3 Å². The van der Waals surface area contributed by atoms with Crippen LogP contribution in [0.4, 0.5) is 0 Å². The molecule has 1 atom stereocenters. The van der Waals surface area contributed by atoms with Crippen molar-refractivity contribution in [3.8, 4) is 5.75 Å². The molecule has 0 radical (unpaired) electrons. The Bertz CT molecular complexity index is 569. The second-order valence-corrected chi connectivity index (χ2v) is 6.21. The third kappa shape index (κ3) is 3.15. The Labute approximate surface area is 134 Å². The van der Waals surface area contributed by atoms with E-state index in [1.54, 1.807) is 7.11 Å². The van der Waals surface area contributed by atoms with Gasteiger partial charge in [0.25, 0.3) is 0 Å². The van der Waals surface area contributed by atoms with Gasteiger partial charge in [-0.3, -0.25) is 0 Å². The molecule has 1 unspecified atom stereocenters. The average molecular weight is 381 g/mol. The smallest absolute Gasteiger partial charge is 0.124 e. The van der Waals surface area contributed by atoms with Crippen molar-refractivity contribution in [3.63, 3.8) is 0 Å². The van der Waals surface area contributed by atoms with Gasteiger partial charge >= 0.3 is 0 Å². The fourth-order valence-electron chi connectivity index (χ4n) is 2.65. The number of methoxy groups -OCH3 is 1. The van der Waals surface area contributed by atoms with Crippen molar-refractivity contribution in [1.29, 1.82) is 0 Å². The molecule has 3 heteroatoms. The summed E-state index contributed by atoms with van der Waals surface area (Å²) in [5.41, 5.74) is 4.89. The molecule has 2 rings (SSSR count). The Morgan fingerprint density at radius 3 is 2.00 bits per heavy atom. The predicted octanol–water partition coefficient (Wildman–Crippen LogP) is 4.23. The largest absolute Gasteiger partial charge is 0.496 e. The van der Waals surface area contributed by atoms with E-state index in [0.717, 1.165) is 5.75 Å². The van der Waals surface area contributed by atoms with Crippen molar-refractivity contribution in [1.82, 2.24) is 5.32 Å². The van der Waals surface area contributed by atoms with Crippen molar-refractivity contribution < 1.29 is 4.74 Å². The van der Waals surface area contributed by atoms with Crippen LogP contribution in [-0.2, 0) is 0 Å². The number of hydrogen-bond donors (Lipinski definition) is 1. The van der Waals surface area contributed by atoms with Crippen LogP contribution in [0.25, 0.3) is 0 Å². The molecular weight excluding hydrogens is 361 g/mol. The van der Waals surface area contributed by atoms with E-state index >= 15 is 0 Å². The molecule has 0 aromatic heterocycles. The van der Waals surface area contributed by atoms with Gasteiger partial charge in [0.1, 0.15) is 5.75 Å². The monoisotopic (exact) mass is 381 g/mol. The predicted molar refractivity (Wildman–Crippen MR) is 92.5 cm³/mol. The van der Waals surface area contributed by atoms with E-state index in [9.17, 15) is 0 Å². The molecule has 0 heterocycles. The summed E-state index contributed by atoms with van der Waals surface area (Å²) in [7, 11) is 3.72. The molecule has 0 saturated heterocycles. The summed E-state index contributed by atoms with van der Waals surface area (Å²) in [6, 6.07) is 13.2. The fourth-order valence-corrected chi connectivity index (χ4v) is 3.01. The highest BCUT2D eigenvalue weighted by Gasteiger charge is 2.14. The van der Waals surface area contributed by atoms with E-state index < -0.39 is 0 Å². The Morgan fingerprint density at radius 1 is 1.00 bits per heavy atom. The number of halogens is 1. The summed E-state index contributed by atoms with van der Waals surface area (Å²) in [5.74, 6) is 0.978. The van der Waals surface area contributed by atoms with E-state index in [0.29, 0.717) is 0 Å². The van der Waals surface area contributed by atoms with Gasteiger partial charge in [-0.25, -0.2) is 0 Å². The fraction of sp³-hybridized carbons (Fsp3) is 0.294. The zero-order chi connectivity index (χ0) is 14.7. The van der Waals surface area contributed by atoms with Crippen LogP contribution in [-0.4, -0.2) is 14.2 Å². The Hall–Kier alpha value is -1.07. The van der Waals surface area contributed by atoms with E-state index in [2.05, 4.69) is 78.2 Å². The van der Waals surface area contributed by atoms with Crippen LogP contribution < -0.4 is 10.1 Å². The maximum atomic E-state index is 5.44. The standard InChI is InChI=1S/C17H20INO/c1-11-9-14(10-12(2)17(11)20-4)16(19-3)13-5-7-15(18)8-6-13/h5-10,16,19H,1-4H3. The van der Waals surface area contributed by atoms with Gasteiger partial charge < -0.3 is 10.1 Å². The first-order valence-corrected chi connectivity index (χ1v) is 7.72. The molecule has 0 aliphatic heterocycles. The number of hydrogen-bond acceptors (Lipinski definition) is 2. The van der Waals surface area contributed by atoms with Crippen LogP contribution in [0, 0.1) is 17.4 Å². The summed E-state index contributed by atoms with van der Waals surface area (Å²) >= 11 is 2.33. The third-order valence-electron chi connectivity index (χ3n) is 3.51. The maximum Gasteiger partial charge on any atom is 0.124 e. The van der Waals surface area contributed by atoms with Crippen molar-refractivity contribution in [2.75, 3.05) is 14.2 Å². The first-order valence-electron chi connectivity index (χ1n) is 6.64. The van der Waals surface area contributed by atoms with E-state index in [4.69, 9.17) is 4.74 Å². The van der Waals surface area contributed by atoms with Crippen LogP contribution in [0.15, 0.2) is 36.4 Å². The molecule has 0 bridgehead atoms. The summed E-state index contributed by atoms with van der Waals surface area (Å²) in [6.07, 6.45) is 0. The summed E-state index contributed by atoms with van der Waals surface area (Å²) in [5, 5.41) is 3.40. The van der Waals surface area contributed by atoms with E-state index in [-0.39, 0.29) is 6.04 Å². The minimum Gasteiger partial charge on any atom is -0.496 e. The second kappa shape index (κ2) is 6.59. The minimum absolute atomic E-state index is 0.204. The molecule has 2 aromatic rings. The molecule has 0 amide bonds. The molecule has 0 spiro atoms. The highest BCUT2D eigenvalue weighted by molar-refractivity contribution is 14.1.